The summed E-state index contributed by atoms with van der Waals surface area (Å²) in [7, 11) is -1.12. The Kier molecular flexibility index (Phi) is 2.21. The normalized spacial score (nSPS) is 25.9. The Hall–Kier alpha value is -0.640. The van der Waals surface area contributed by atoms with Gasteiger partial charge in [0.1, 0.15) is 10.7 Å². The van der Waals surface area contributed by atoms with Crippen LogP contribution in [0.4, 0.5) is 0 Å². The van der Waals surface area contributed by atoms with E-state index in [9.17, 15) is 9.00 Å². The Bertz CT molecular complexity index is 207. The van der Waals surface area contributed by atoms with Crippen molar-refractivity contribution in [2.45, 2.75) is 6.92 Å². The molecule has 3 nitrogen and oxygen atoms in total. The molecule has 0 aromatic rings. The van der Waals surface area contributed by atoms with Crippen molar-refractivity contribution < 1.29 is 13.7 Å². The number of allylic oxidation sites excluding steroid dienone is 2. The van der Waals surface area contributed by atoms with Crippen LogP contribution >= 0.6 is 0 Å². The van der Waals surface area contributed by atoms with E-state index in [4.69, 9.17) is 4.74 Å². The molecule has 0 N–H and O–H groups in total. The van der Waals surface area contributed by atoms with Crippen molar-refractivity contribution in [2.24, 2.45) is 0 Å². The molecule has 0 fully saturated rings. The van der Waals surface area contributed by atoms with Crippen LogP contribution in [0, 0.1) is 0 Å². The Labute approximate surface area is 61.5 Å². The predicted molar refractivity (Wildman–Crippen MR) is 37.7 cm³/mol. The van der Waals surface area contributed by atoms with E-state index in [1.807, 2.05) is 0 Å². The zero-order valence-electron chi connectivity index (χ0n) is 5.62. The van der Waals surface area contributed by atoms with Gasteiger partial charge in [-0.25, -0.2) is 0 Å². The van der Waals surface area contributed by atoms with Crippen LogP contribution in [-0.2, 0) is 20.3 Å². The summed E-state index contributed by atoms with van der Waals surface area (Å²) in [5.74, 6) is 0.936. The SMILES string of the molecule is CC1=C(C=O)S(=O)CCO1. The highest BCUT2D eigenvalue weighted by atomic mass is 32.2. The van der Waals surface area contributed by atoms with Gasteiger partial charge in [-0.05, 0) is 6.92 Å². The quantitative estimate of drug-likeness (QED) is 0.514. The van der Waals surface area contributed by atoms with Gasteiger partial charge in [0.15, 0.2) is 6.29 Å². The van der Waals surface area contributed by atoms with E-state index in [0.29, 0.717) is 29.3 Å². The summed E-state index contributed by atoms with van der Waals surface area (Å²) in [6.45, 7) is 2.11. The average molecular weight is 160 g/mol. The van der Waals surface area contributed by atoms with Gasteiger partial charge in [0.05, 0.1) is 23.2 Å². The predicted octanol–water partition coefficient (Wildman–Crippen LogP) is 0.196. The van der Waals surface area contributed by atoms with Crippen molar-refractivity contribution in [1.82, 2.24) is 0 Å². The molecule has 0 saturated heterocycles. The largest absolute Gasteiger partial charge is 0.496 e. The average Bonchev–Trinajstić information content (AvgIpc) is 1.88. The number of carbonyl (C=O) groups excluding carboxylic acids is 1. The van der Waals surface area contributed by atoms with Crippen LogP contribution < -0.4 is 0 Å². The van der Waals surface area contributed by atoms with Gasteiger partial charge in [0.2, 0.25) is 0 Å². The second-order valence-electron chi connectivity index (χ2n) is 1.94. The number of hydrogen-bond donors (Lipinski definition) is 0. The summed E-state index contributed by atoms with van der Waals surface area (Å²) in [6.07, 6.45) is 0.602. The van der Waals surface area contributed by atoms with E-state index in [-0.39, 0.29) is 0 Å². The molecule has 0 aromatic carbocycles. The fourth-order valence-electron chi connectivity index (χ4n) is 0.748. The summed E-state index contributed by atoms with van der Waals surface area (Å²) in [6, 6.07) is 0. The van der Waals surface area contributed by atoms with Crippen molar-refractivity contribution in [2.75, 3.05) is 12.4 Å². The van der Waals surface area contributed by atoms with Crippen LogP contribution in [0.1, 0.15) is 6.92 Å². The Balaban J connectivity index is 2.94. The van der Waals surface area contributed by atoms with E-state index < -0.39 is 10.8 Å². The molecule has 1 rings (SSSR count). The lowest BCUT2D eigenvalue weighted by Crippen LogP contribution is -2.16. The van der Waals surface area contributed by atoms with E-state index in [1.54, 1.807) is 6.92 Å². The minimum atomic E-state index is -1.12. The topological polar surface area (TPSA) is 43.4 Å². The highest BCUT2D eigenvalue weighted by molar-refractivity contribution is 7.90. The first kappa shape index (κ1) is 7.47. The highest BCUT2D eigenvalue weighted by Gasteiger charge is 2.16. The number of ether oxygens (including phenoxy) is 1. The van der Waals surface area contributed by atoms with Gasteiger partial charge in [0.25, 0.3) is 0 Å². The number of hydrogen-bond acceptors (Lipinski definition) is 3. The van der Waals surface area contributed by atoms with E-state index in [2.05, 4.69) is 0 Å². The van der Waals surface area contributed by atoms with Crippen molar-refractivity contribution in [3.05, 3.63) is 10.7 Å². The second-order valence-corrected chi connectivity index (χ2v) is 3.48. The molecule has 1 heterocycles. The maximum atomic E-state index is 11.0. The summed E-state index contributed by atoms with van der Waals surface area (Å²) < 4.78 is 16.0. The number of carbonyl (C=O) groups is 1. The van der Waals surface area contributed by atoms with Crippen LogP contribution in [-0.4, -0.2) is 22.9 Å². The van der Waals surface area contributed by atoms with Gasteiger partial charge in [-0.2, -0.15) is 0 Å². The summed E-state index contributed by atoms with van der Waals surface area (Å²) in [5, 5.41) is 0. The monoisotopic (exact) mass is 160 g/mol. The maximum absolute atomic E-state index is 11.0. The second kappa shape index (κ2) is 2.96. The molecule has 0 spiro atoms. The molecular weight excluding hydrogens is 152 g/mol. The van der Waals surface area contributed by atoms with Crippen LogP contribution in [0.25, 0.3) is 0 Å². The van der Waals surface area contributed by atoms with Crippen LogP contribution in [0.15, 0.2) is 10.7 Å². The van der Waals surface area contributed by atoms with Crippen LogP contribution in [0.5, 0.6) is 0 Å². The molecule has 1 aliphatic heterocycles. The fraction of sp³-hybridized carbons (Fsp3) is 0.500. The lowest BCUT2D eigenvalue weighted by atomic mass is 10.5. The first-order valence-electron chi connectivity index (χ1n) is 2.93. The molecule has 0 aromatic heterocycles. The maximum Gasteiger partial charge on any atom is 0.162 e. The van der Waals surface area contributed by atoms with Gasteiger partial charge < -0.3 is 4.74 Å². The molecule has 0 bridgehead atoms. The number of aldehydes is 1. The summed E-state index contributed by atoms with van der Waals surface area (Å²) in [5.41, 5.74) is 0. The standard InChI is InChI=1S/C6H8O3S/c1-5-6(4-7)10(8)3-2-9-5/h4H,2-3H2,1H3. The van der Waals surface area contributed by atoms with Crippen molar-refractivity contribution in [3.8, 4) is 0 Å². The Morgan fingerprint density at radius 3 is 2.80 bits per heavy atom. The third kappa shape index (κ3) is 1.26. The summed E-state index contributed by atoms with van der Waals surface area (Å²) >= 11 is 0. The Morgan fingerprint density at radius 2 is 2.40 bits per heavy atom. The third-order valence-corrected chi connectivity index (χ3v) is 2.70. The van der Waals surface area contributed by atoms with Crippen molar-refractivity contribution in [3.63, 3.8) is 0 Å². The van der Waals surface area contributed by atoms with Crippen LogP contribution in [0.2, 0.25) is 0 Å². The molecule has 0 amide bonds. The highest BCUT2D eigenvalue weighted by Crippen LogP contribution is 2.13. The molecule has 4 heteroatoms. The molecule has 1 unspecified atom stereocenters. The van der Waals surface area contributed by atoms with E-state index in [1.165, 1.54) is 0 Å². The van der Waals surface area contributed by atoms with Crippen molar-refractivity contribution >= 4 is 17.1 Å². The molecule has 0 radical (unpaired) electrons. The van der Waals surface area contributed by atoms with Crippen molar-refractivity contribution in [1.29, 1.82) is 0 Å². The van der Waals surface area contributed by atoms with Gasteiger partial charge in [0, 0.05) is 0 Å². The Morgan fingerprint density at radius 1 is 1.70 bits per heavy atom. The first-order valence-corrected chi connectivity index (χ1v) is 4.25. The third-order valence-electron chi connectivity index (χ3n) is 1.29. The molecule has 0 aliphatic carbocycles. The van der Waals surface area contributed by atoms with Gasteiger partial charge in [-0.1, -0.05) is 0 Å². The van der Waals surface area contributed by atoms with Gasteiger partial charge in [-0.3, -0.25) is 9.00 Å². The lowest BCUT2D eigenvalue weighted by Gasteiger charge is -2.13. The minimum Gasteiger partial charge on any atom is -0.496 e. The van der Waals surface area contributed by atoms with Gasteiger partial charge >= 0.3 is 0 Å². The molecule has 0 saturated carbocycles. The van der Waals surface area contributed by atoms with E-state index >= 15 is 0 Å². The first-order chi connectivity index (χ1) is 4.75. The number of rotatable bonds is 1. The fourth-order valence-corrected chi connectivity index (χ4v) is 1.69. The lowest BCUT2D eigenvalue weighted by molar-refractivity contribution is -0.104. The zero-order chi connectivity index (χ0) is 7.56. The summed E-state index contributed by atoms with van der Waals surface area (Å²) in [4.78, 5) is 10.5. The molecule has 1 atom stereocenters. The zero-order valence-corrected chi connectivity index (χ0v) is 6.44. The smallest absolute Gasteiger partial charge is 0.162 e. The minimum absolute atomic E-state index is 0.297. The van der Waals surface area contributed by atoms with Crippen LogP contribution in [0.3, 0.4) is 0 Å². The molecule has 1 aliphatic rings. The molecule has 10 heavy (non-hydrogen) atoms. The molecule has 56 valence electrons. The molecular formula is C6H8O3S. The van der Waals surface area contributed by atoms with E-state index in [0.717, 1.165) is 0 Å². The van der Waals surface area contributed by atoms with Gasteiger partial charge in [-0.15, -0.1) is 0 Å².